The van der Waals surface area contributed by atoms with Gasteiger partial charge in [0.15, 0.2) is 6.61 Å². The molecule has 2 aromatic rings. The molecule has 0 aliphatic carbocycles. The molecule has 0 spiro atoms. The normalized spacial score (nSPS) is 11.5. The van der Waals surface area contributed by atoms with Crippen molar-refractivity contribution in [3.05, 3.63) is 47.8 Å². The molecule has 2 amide bonds. The number of carbonyl (C=O) groups is 3. The summed E-state index contributed by atoms with van der Waals surface area (Å²) in [5.41, 5.74) is 2.11. The maximum Gasteiger partial charge on any atom is 0.338 e. The SMILES string of the molecule is CCCNC(=O)[C@@H](C)NC(=O)COC(=O)c1ccc(-n2nccc2C)cc1. The number of aryl methyl sites for hydroxylation is 1. The van der Waals surface area contributed by atoms with Gasteiger partial charge in [0.25, 0.3) is 5.91 Å². The monoisotopic (exact) mass is 372 g/mol. The number of rotatable bonds is 8. The van der Waals surface area contributed by atoms with Crippen molar-refractivity contribution in [3.63, 3.8) is 0 Å². The Morgan fingerprint density at radius 1 is 1.19 bits per heavy atom. The molecule has 0 aliphatic rings. The van der Waals surface area contributed by atoms with Crippen LogP contribution in [0.4, 0.5) is 0 Å². The van der Waals surface area contributed by atoms with Gasteiger partial charge in [-0.05, 0) is 50.6 Å². The Labute approximate surface area is 157 Å². The molecule has 0 unspecified atom stereocenters. The van der Waals surface area contributed by atoms with Gasteiger partial charge in [-0.2, -0.15) is 5.10 Å². The van der Waals surface area contributed by atoms with Crippen LogP contribution in [0, 0.1) is 6.92 Å². The molecule has 0 radical (unpaired) electrons. The van der Waals surface area contributed by atoms with E-state index in [1.54, 1.807) is 42.1 Å². The third-order valence-corrected chi connectivity index (χ3v) is 3.83. The topological polar surface area (TPSA) is 102 Å². The minimum atomic E-state index is -0.695. The lowest BCUT2D eigenvalue weighted by atomic mass is 10.2. The fourth-order valence-electron chi connectivity index (χ4n) is 2.34. The molecule has 1 heterocycles. The summed E-state index contributed by atoms with van der Waals surface area (Å²) in [4.78, 5) is 35.6. The highest BCUT2D eigenvalue weighted by molar-refractivity contribution is 5.92. The molecular weight excluding hydrogens is 348 g/mol. The van der Waals surface area contributed by atoms with Crippen molar-refractivity contribution < 1.29 is 19.1 Å². The van der Waals surface area contributed by atoms with Crippen LogP contribution < -0.4 is 10.6 Å². The van der Waals surface area contributed by atoms with E-state index >= 15 is 0 Å². The Hall–Kier alpha value is -3.16. The Kier molecular flexibility index (Phi) is 7.10. The minimum absolute atomic E-state index is 0.277. The van der Waals surface area contributed by atoms with Gasteiger partial charge in [-0.15, -0.1) is 0 Å². The lowest BCUT2D eigenvalue weighted by Gasteiger charge is -2.14. The largest absolute Gasteiger partial charge is 0.452 e. The number of benzene rings is 1. The second-order valence-electron chi connectivity index (χ2n) is 6.09. The first-order valence-electron chi connectivity index (χ1n) is 8.77. The summed E-state index contributed by atoms with van der Waals surface area (Å²) in [5.74, 6) is -1.43. The van der Waals surface area contributed by atoms with Crippen molar-refractivity contribution in [1.29, 1.82) is 0 Å². The highest BCUT2D eigenvalue weighted by Crippen LogP contribution is 2.12. The van der Waals surface area contributed by atoms with Crippen molar-refractivity contribution >= 4 is 17.8 Å². The van der Waals surface area contributed by atoms with E-state index in [4.69, 9.17) is 4.74 Å². The molecule has 0 bridgehead atoms. The Bertz CT molecular complexity index is 798. The second kappa shape index (κ2) is 9.51. The molecule has 2 rings (SSSR count). The number of nitrogens with one attached hydrogen (secondary N) is 2. The average Bonchev–Trinajstić information content (AvgIpc) is 3.10. The van der Waals surface area contributed by atoms with Crippen LogP contribution >= 0.6 is 0 Å². The van der Waals surface area contributed by atoms with Crippen molar-refractivity contribution in [2.45, 2.75) is 33.2 Å². The molecule has 8 nitrogen and oxygen atoms in total. The van der Waals surface area contributed by atoms with E-state index in [1.807, 2.05) is 19.9 Å². The predicted octanol–water partition coefficient (Wildman–Crippen LogP) is 1.37. The van der Waals surface area contributed by atoms with E-state index in [2.05, 4.69) is 15.7 Å². The van der Waals surface area contributed by atoms with Gasteiger partial charge in [-0.3, -0.25) is 9.59 Å². The van der Waals surface area contributed by atoms with Crippen LogP contribution in [0.2, 0.25) is 0 Å². The number of carbonyl (C=O) groups excluding carboxylic acids is 3. The zero-order chi connectivity index (χ0) is 19.8. The number of ether oxygens (including phenoxy) is 1. The number of amides is 2. The summed E-state index contributed by atoms with van der Waals surface area (Å²) >= 11 is 0. The van der Waals surface area contributed by atoms with Crippen molar-refractivity contribution in [3.8, 4) is 5.69 Å². The molecule has 0 saturated carbocycles. The van der Waals surface area contributed by atoms with E-state index in [-0.39, 0.29) is 5.91 Å². The van der Waals surface area contributed by atoms with Gasteiger partial charge in [0.05, 0.1) is 11.3 Å². The summed E-state index contributed by atoms with van der Waals surface area (Å²) in [5, 5.41) is 9.37. The van der Waals surface area contributed by atoms with Crippen LogP contribution in [0.25, 0.3) is 5.69 Å². The van der Waals surface area contributed by atoms with Gasteiger partial charge in [0, 0.05) is 18.4 Å². The summed E-state index contributed by atoms with van der Waals surface area (Å²) in [6, 6.07) is 7.90. The Morgan fingerprint density at radius 2 is 1.89 bits per heavy atom. The van der Waals surface area contributed by atoms with Crippen LogP contribution in [-0.2, 0) is 14.3 Å². The lowest BCUT2D eigenvalue weighted by molar-refractivity contribution is -0.130. The number of esters is 1. The molecule has 27 heavy (non-hydrogen) atoms. The van der Waals surface area contributed by atoms with Gasteiger partial charge in [0.2, 0.25) is 5.91 Å². The average molecular weight is 372 g/mol. The zero-order valence-electron chi connectivity index (χ0n) is 15.7. The van der Waals surface area contributed by atoms with Gasteiger partial charge in [-0.25, -0.2) is 9.48 Å². The van der Waals surface area contributed by atoms with Crippen LogP contribution in [0.3, 0.4) is 0 Å². The molecule has 144 valence electrons. The minimum Gasteiger partial charge on any atom is -0.452 e. The smallest absolute Gasteiger partial charge is 0.338 e. The Balaban J connectivity index is 1.84. The molecule has 1 aromatic carbocycles. The first-order valence-corrected chi connectivity index (χ1v) is 8.77. The number of nitrogens with zero attached hydrogens (tertiary/aromatic N) is 2. The summed E-state index contributed by atoms with van der Waals surface area (Å²) in [6.07, 6.45) is 2.50. The van der Waals surface area contributed by atoms with E-state index in [1.165, 1.54) is 0 Å². The molecule has 8 heteroatoms. The van der Waals surface area contributed by atoms with E-state index < -0.39 is 24.5 Å². The highest BCUT2D eigenvalue weighted by atomic mass is 16.5. The fraction of sp³-hybridized carbons (Fsp3) is 0.368. The molecule has 0 saturated heterocycles. The standard InChI is InChI=1S/C19H24N4O4/c1-4-10-20-18(25)14(3)22-17(24)12-27-19(26)15-5-7-16(8-6-15)23-13(2)9-11-21-23/h5-9,11,14H,4,10,12H2,1-3H3,(H,20,25)(H,22,24)/t14-/m1/s1. The summed E-state index contributed by atoms with van der Waals surface area (Å²) < 4.78 is 6.74. The third kappa shape index (κ3) is 5.67. The quantitative estimate of drug-likeness (QED) is 0.682. The van der Waals surface area contributed by atoms with Crippen LogP contribution in [0.15, 0.2) is 36.5 Å². The molecular formula is C19H24N4O4. The lowest BCUT2D eigenvalue weighted by Crippen LogP contribution is -2.46. The van der Waals surface area contributed by atoms with E-state index in [0.717, 1.165) is 17.8 Å². The predicted molar refractivity (Wildman–Crippen MR) is 99.5 cm³/mol. The first kappa shape index (κ1) is 20.2. The zero-order valence-corrected chi connectivity index (χ0v) is 15.7. The van der Waals surface area contributed by atoms with Crippen LogP contribution in [-0.4, -0.2) is 46.8 Å². The first-order chi connectivity index (χ1) is 12.9. The summed E-state index contributed by atoms with van der Waals surface area (Å²) in [7, 11) is 0. The molecule has 0 aliphatic heterocycles. The second-order valence-corrected chi connectivity index (χ2v) is 6.09. The van der Waals surface area contributed by atoms with Gasteiger partial charge >= 0.3 is 5.97 Å². The van der Waals surface area contributed by atoms with Gasteiger partial charge in [-0.1, -0.05) is 6.92 Å². The van der Waals surface area contributed by atoms with Crippen molar-refractivity contribution in [2.75, 3.05) is 13.2 Å². The Morgan fingerprint density at radius 3 is 2.48 bits per heavy atom. The van der Waals surface area contributed by atoms with E-state index in [9.17, 15) is 14.4 Å². The molecule has 0 fully saturated rings. The summed E-state index contributed by atoms with van der Waals surface area (Å²) in [6.45, 7) is 5.52. The van der Waals surface area contributed by atoms with Crippen molar-refractivity contribution in [2.24, 2.45) is 0 Å². The number of hydrogen-bond acceptors (Lipinski definition) is 5. The van der Waals surface area contributed by atoms with Gasteiger partial charge in [0.1, 0.15) is 6.04 Å². The van der Waals surface area contributed by atoms with E-state index in [0.29, 0.717) is 12.1 Å². The molecule has 1 aromatic heterocycles. The van der Waals surface area contributed by atoms with Crippen LogP contribution in [0.1, 0.15) is 36.3 Å². The third-order valence-electron chi connectivity index (χ3n) is 3.83. The van der Waals surface area contributed by atoms with Crippen LogP contribution in [0.5, 0.6) is 0 Å². The number of aromatic nitrogens is 2. The van der Waals surface area contributed by atoms with Crippen molar-refractivity contribution in [1.82, 2.24) is 20.4 Å². The fourth-order valence-corrected chi connectivity index (χ4v) is 2.34. The molecule has 2 N–H and O–H groups in total. The maximum absolute atomic E-state index is 12.1. The highest BCUT2D eigenvalue weighted by Gasteiger charge is 2.16. The van der Waals surface area contributed by atoms with Gasteiger partial charge < -0.3 is 15.4 Å². The molecule has 1 atom stereocenters. The maximum atomic E-state index is 12.1. The number of hydrogen-bond donors (Lipinski definition) is 2.